The van der Waals surface area contributed by atoms with Crippen LogP contribution < -0.4 is 5.32 Å². The molecule has 0 unspecified atom stereocenters. The van der Waals surface area contributed by atoms with E-state index in [-0.39, 0.29) is 11.7 Å². The number of nitrogens with one attached hydrogen (secondary N) is 1. The summed E-state index contributed by atoms with van der Waals surface area (Å²) in [6.07, 6.45) is 0. The van der Waals surface area contributed by atoms with Crippen molar-refractivity contribution in [2.75, 3.05) is 5.32 Å². The van der Waals surface area contributed by atoms with Gasteiger partial charge in [-0.05, 0) is 51.1 Å². The first-order valence-corrected chi connectivity index (χ1v) is 10.3. The number of nitrogens with zero attached hydrogens (tertiary/aromatic N) is 3. The van der Waals surface area contributed by atoms with Crippen molar-refractivity contribution in [3.63, 3.8) is 0 Å². The first kappa shape index (κ1) is 18.5. The maximum absolute atomic E-state index is 13.3. The normalized spacial score (nSPS) is 11.0. The Morgan fingerprint density at radius 2 is 1.89 bits per heavy atom. The molecule has 8 heteroatoms. The van der Waals surface area contributed by atoms with Gasteiger partial charge < -0.3 is 4.57 Å². The predicted octanol–water partition coefficient (Wildman–Crippen LogP) is 5.37. The molecule has 0 aliphatic heterocycles. The Morgan fingerprint density at radius 1 is 1.14 bits per heavy atom. The summed E-state index contributed by atoms with van der Waals surface area (Å²) in [5.74, 6) is -0.458. The molecule has 1 N–H and O–H groups in total. The van der Waals surface area contributed by atoms with Crippen molar-refractivity contribution in [3.05, 3.63) is 69.0 Å². The van der Waals surface area contributed by atoms with Crippen LogP contribution in [0.5, 0.6) is 0 Å². The highest BCUT2D eigenvalue weighted by molar-refractivity contribution is 7.14. The molecule has 0 aliphatic carbocycles. The van der Waals surface area contributed by atoms with Gasteiger partial charge in [-0.1, -0.05) is 0 Å². The van der Waals surface area contributed by atoms with Gasteiger partial charge in [0.2, 0.25) is 0 Å². The molecule has 142 valence electrons. The van der Waals surface area contributed by atoms with E-state index in [4.69, 9.17) is 0 Å². The molecule has 1 amide bonds. The molecule has 0 saturated carbocycles. The summed E-state index contributed by atoms with van der Waals surface area (Å²) in [5.41, 5.74) is 7.06. The lowest BCUT2D eigenvalue weighted by Crippen LogP contribution is -2.11. The molecule has 5 nitrogen and oxygen atoms in total. The topological polar surface area (TPSA) is 59.8 Å². The zero-order valence-corrected chi connectivity index (χ0v) is 17.1. The van der Waals surface area contributed by atoms with E-state index >= 15 is 0 Å². The SMILES string of the molecule is Cc1ncsc1C(=O)Nc1nc(-c2cc(C)n(-c3ccc(F)cc3)c2C)cs1. The highest BCUT2D eigenvalue weighted by Crippen LogP contribution is 2.32. The van der Waals surface area contributed by atoms with Gasteiger partial charge in [0.15, 0.2) is 5.13 Å². The molecule has 0 radical (unpaired) electrons. The van der Waals surface area contributed by atoms with Gasteiger partial charge in [-0.25, -0.2) is 14.4 Å². The molecule has 4 rings (SSSR count). The largest absolute Gasteiger partial charge is 0.318 e. The first-order valence-electron chi connectivity index (χ1n) is 8.56. The number of hydrogen-bond donors (Lipinski definition) is 1. The zero-order chi connectivity index (χ0) is 19.8. The quantitative estimate of drug-likeness (QED) is 0.490. The number of carbonyl (C=O) groups is 1. The Hall–Kier alpha value is -2.84. The predicted molar refractivity (Wildman–Crippen MR) is 111 cm³/mol. The summed E-state index contributed by atoms with van der Waals surface area (Å²) >= 11 is 2.69. The van der Waals surface area contributed by atoms with Gasteiger partial charge >= 0.3 is 0 Å². The summed E-state index contributed by atoms with van der Waals surface area (Å²) in [4.78, 5) is 21.6. The fourth-order valence-electron chi connectivity index (χ4n) is 3.14. The number of thiazole rings is 2. The van der Waals surface area contributed by atoms with Crippen LogP contribution in [0.4, 0.5) is 9.52 Å². The van der Waals surface area contributed by atoms with Crippen LogP contribution in [-0.2, 0) is 0 Å². The van der Waals surface area contributed by atoms with E-state index < -0.39 is 0 Å². The van der Waals surface area contributed by atoms with Gasteiger partial charge in [-0.15, -0.1) is 22.7 Å². The summed E-state index contributed by atoms with van der Waals surface area (Å²) in [6.45, 7) is 5.81. The van der Waals surface area contributed by atoms with Crippen LogP contribution in [0.3, 0.4) is 0 Å². The minimum Gasteiger partial charge on any atom is -0.318 e. The molecule has 0 bridgehead atoms. The third-order valence-electron chi connectivity index (χ3n) is 4.47. The minimum atomic E-state index is -0.262. The Bertz CT molecular complexity index is 1160. The van der Waals surface area contributed by atoms with Gasteiger partial charge in [-0.3, -0.25) is 10.1 Å². The Balaban J connectivity index is 1.62. The van der Waals surface area contributed by atoms with Crippen molar-refractivity contribution in [3.8, 4) is 16.9 Å². The van der Waals surface area contributed by atoms with Crippen molar-refractivity contribution in [2.45, 2.75) is 20.8 Å². The second kappa shape index (κ2) is 7.29. The van der Waals surface area contributed by atoms with E-state index in [1.54, 1.807) is 17.6 Å². The number of rotatable bonds is 4. The molecule has 0 fully saturated rings. The first-order chi connectivity index (χ1) is 13.4. The van der Waals surface area contributed by atoms with Crippen molar-refractivity contribution < 1.29 is 9.18 Å². The third-order valence-corrected chi connectivity index (χ3v) is 6.15. The van der Waals surface area contributed by atoms with Crippen LogP contribution in [0, 0.1) is 26.6 Å². The van der Waals surface area contributed by atoms with Crippen molar-refractivity contribution in [1.82, 2.24) is 14.5 Å². The molecule has 0 spiro atoms. The van der Waals surface area contributed by atoms with Crippen LogP contribution in [-0.4, -0.2) is 20.4 Å². The second-order valence-corrected chi connectivity index (χ2v) is 8.07. The van der Waals surface area contributed by atoms with Crippen LogP contribution >= 0.6 is 22.7 Å². The van der Waals surface area contributed by atoms with Gasteiger partial charge in [0.05, 0.1) is 16.9 Å². The molecule has 3 heterocycles. The highest BCUT2D eigenvalue weighted by atomic mass is 32.1. The molecule has 3 aromatic heterocycles. The molecular weight excluding hydrogens is 395 g/mol. The zero-order valence-electron chi connectivity index (χ0n) is 15.5. The van der Waals surface area contributed by atoms with Gasteiger partial charge in [0, 0.05) is 28.0 Å². The van der Waals surface area contributed by atoms with Crippen molar-refractivity contribution >= 4 is 33.7 Å². The number of halogens is 1. The summed E-state index contributed by atoms with van der Waals surface area (Å²) in [5, 5.41) is 5.31. The van der Waals surface area contributed by atoms with E-state index in [2.05, 4.69) is 19.9 Å². The lowest BCUT2D eigenvalue weighted by Gasteiger charge is -2.09. The van der Waals surface area contributed by atoms with Gasteiger partial charge in [0.1, 0.15) is 10.7 Å². The van der Waals surface area contributed by atoms with Gasteiger partial charge in [-0.2, -0.15) is 0 Å². The van der Waals surface area contributed by atoms with Crippen molar-refractivity contribution in [1.29, 1.82) is 0 Å². The van der Waals surface area contributed by atoms with E-state index in [1.807, 2.05) is 32.2 Å². The minimum absolute atomic E-state index is 0.197. The molecule has 0 aliphatic rings. The number of aromatic nitrogens is 3. The monoisotopic (exact) mass is 412 g/mol. The van der Waals surface area contributed by atoms with E-state index in [0.29, 0.717) is 15.7 Å². The maximum atomic E-state index is 13.3. The number of amides is 1. The Morgan fingerprint density at radius 3 is 2.57 bits per heavy atom. The second-order valence-electron chi connectivity index (χ2n) is 6.36. The molecule has 0 saturated heterocycles. The maximum Gasteiger partial charge on any atom is 0.269 e. The number of aryl methyl sites for hydroxylation is 2. The standard InChI is InChI=1S/C20H17FN4OS2/c1-11-8-16(13(3)25(11)15-6-4-14(21)5-7-15)17-9-27-20(23-17)24-19(26)18-12(2)22-10-28-18/h4-10H,1-3H3,(H,23,24,26). The fourth-order valence-corrected chi connectivity index (χ4v) is 4.54. The number of carbonyl (C=O) groups excluding carboxylic acids is 1. The van der Waals surface area contributed by atoms with Crippen molar-refractivity contribution in [2.24, 2.45) is 0 Å². The Kier molecular flexibility index (Phi) is 4.82. The fraction of sp³-hybridized carbons (Fsp3) is 0.150. The lowest BCUT2D eigenvalue weighted by molar-refractivity contribution is 0.103. The Labute approximate surface area is 169 Å². The lowest BCUT2D eigenvalue weighted by atomic mass is 10.2. The van der Waals surface area contributed by atoms with E-state index in [9.17, 15) is 9.18 Å². The molecule has 4 aromatic rings. The summed E-state index contributed by atoms with van der Waals surface area (Å²) in [6, 6.07) is 8.46. The average Bonchev–Trinajstić information content (AvgIpc) is 3.36. The molecule has 28 heavy (non-hydrogen) atoms. The summed E-state index contributed by atoms with van der Waals surface area (Å²) < 4.78 is 15.3. The molecule has 0 atom stereocenters. The van der Waals surface area contributed by atoms with E-state index in [0.717, 1.165) is 28.3 Å². The average molecular weight is 413 g/mol. The molecule has 1 aromatic carbocycles. The van der Waals surface area contributed by atoms with Crippen LogP contribution in [0.15, 0.2) is 41.2 Å². The number of hydrogen-bond acceptors (Lipinski definition) is 5. The van der Waals surface area contributed by atoms with Crippen LogP contribution in [0.1, 0.15) is 26.8 Å². The summed E-state index contributed by atoms with van der Waals surface area (Å²) in [7, 11) is 0. The van der Waals surface area contributed by atoms with Crippen LogP contribution in [0.25, 0.3) is 16.9 Å². The van der Waals surface area contributed by atoms with E-state index in [1.165, 1.54) is 34.8 Å². The smallest absolute Gasteiger partial charge is 0.269 e. The van der Waals surface area contributed by atoms with Gasteiger partial charge in [0.25, 0.3) is 5.91 Å². The number of benzene rings is 1. The molecular formula is C20H17FN4OS2. The third kappa shape index (κ3) is 3.36. The highest BCUT2D eigenvalue weighted by Gasteiger charge is 2.17. The number of anilines is 1. The van der Waals surface area contributed by atoms with Crippen LogP contribution in [0.2, 0.25) is 0 Å².